The number of aryl methyl sites for hydroxylation is 1. The van der Waals surface area contributed by atoms with E-state index in [-0.39, 0.29) is 12.4 Å². The minimum Gasteiger partial charge on any atom is -0.479 e. The number of rotatable bonds is 6. The zero-order chi connectivity index (χ0) is 17.9. The number of amides is 1. The second kappa shape index (κ2) is 7.22. The van der Waals surface area contributed by atoms with Crippen molar-refractivity contribution in [2.75, 3.05) is 13.7 Å². The van der Waals surface area contributed by atoms with Crippen molar-refractivity contribution in [2.24, 2.45) is 0 Å². The SMILES string of the molecule is COC(CNC(=O)c1c(C)nn(-c2ccc(F)cc2)c1C)C(=O)O. The number of hydrogen-bond donors (Lipinski definition) is 2. The van der Waals surface area contributed by atoms with E-state index in [1.165, 1.54) is 23.9 Å². The molecule has 2 rings (SSSR count). The number of aliphatic carboxylic acids is 1. The first-order valence-corrected chi connectivity index (χ1v) is 7.21. The summed E-state index contributed by atoms with van der Waals surface area (Å²) in [4.78, 5) is 23.3. The number of carbonyl (C=O) groups excluding carboxylic acids is 1. The fourth-order valence-electron chi connectivity index (χ4n) is 2.35. The summed E-state index contributed by atoms with van der Waals surface area (Å²) in [6, 6.07) is 5.73. The molecular formula is C16H18FN3O4. The highest BCUT2D eigenvalue weighted by Crippen LogP contribution is 2.18. The number of carboxylic acid groups (broad SMARTS) is 1. The average Bonchev–Trinajstić information content (AvgIpc) is 2.83. The third-order valence-corrected chi connectivity index (χ3v) is 3.60. The van der Waals surface area contributed by atoms with Crippen LogP contribution in [0.2, 0.25) is 0 Å². The van der Waals surface area contributed by atoms with Gasteiger partial charge in [0.1, 0.15) is 5.82 Å². The highest BCUT2D eigenvalue weighted by Gasteiger charge is 2.22. The van der Waals surface area contributed by atoms with Crippen molar-refractivity contribution in [1.29, 1.82) is 0 Å². The van der Waals surface area contributed by atoms with Crippen molar-refractivity contribution in [3.05, 3.63) is 47.0 Å². The van der Waals surface area contributed by atoms with Gasteiger partial charge in [-0.2, -0.15) is 5.10 Å². The molecule has 24 heavy (non-hydrogen) atoms. The molecule has 0 radical (unpaired) electrons. The third kappa shape index (κ3) is 3.60. The van der Waals surface area contributed by atoms with Crippen LogP contribution in [0.15, 0.2) is 24.3 Å². The number of carbonyl (C=O) groups is 2. The molecule has 128 valence electrons. The molecule has 1 unspecified atom stereocenters. The molecule has 1 aromatic carbocycles. The van der Waals surface area contributed by atoms with Crippen LogP contribution < -0.4 is 5.32 Å². The summed E-state index contributed by atoms with van der Waals surface area (Å²) in [5, 5.41) is 15.7. The van der Waals surface area contributed by atoms with E-state index in [4.69, 9.17) is 9.84 Å². The standard InChI is InChI=1S/C16H18FN3O4/c1-9-14(15(21)18-8-13(24-3)16(22)23)10(2)20(19-9)12-6-4-11(17)5-7-12/h4-7,13H,8H2,1-3H3,(H,18,21)(H,22,23). The van der Waals surface area contributed by atoms with Crippen molar-refractivity contribution >= 4 is 11.9 Å². The highest BCUT2D eigenvalue weighted by atomic mass is 19.1. The number of nitrogens with one attached hydrogen (secondary N) is 1. The number of hydrogen-bond acceptors (Lipinski definition) is 4. The van der Waals surface area contributed by atoms with Crippen molar-refractivity contribution in [1.82, 2.24) is 15.1 Å². The predicted molar refractivity (Wildman–Crippen MR) is 83.8 cm³/mol. The van der Waals surface area contributed by atoms with Crippen LogP contribution >= 0.6 is 0 Å². The molecule has 8 heteroatoms. The number of nitrogens with zero attached hydrogens (tertiary/aromatic N) is 2. The Morgan fingerprint density at radius 3 is 2.50 bits per heavy atom. The highest BCUT2D eigenvalue weighted by molar-refractivity contribution is 5.96. The predicted octanol–water partition coefficient (Wildman–Crippen LogP) is 1.46. The lowest BCUT2D eigenvalue weighted by atomic mass is 10.1. The van der Waals surface area contributed by atoms with Gasteiger partial charge in [-0.15, -0.1) is 0 Å². The van der Waals surface area contributed by atoms with Crippen LogP contribution in [0.1, 0.15) is 21.7 Å². The van der Waals surface area contributed by atoms with Crippen molar-refractivity contribution in [3.8, 4) is 5.69 Å². The smallest absolute Gasteiger partial charge is 0.334 e. The van der Waals surface area contributed by atoms with E-state index in [1.54, 1.807) is 26.0 Å². The van der Waals surface area contributed by atoms with Gasteiger partial charge >= 0.3 is 5.97 Å². The summed E-state index contributed by atoms with van der Waals surface area (Å²) in [5.74, 6) is -1.97. The quantitative estimate of drug-likeness (QED) is 0.833. The van der Waals surface area contributed by atoms with E-state index in [0.717, 1.165) is 0 Å². The molecule has 0 spiro atoms. The van der Waals surface area contributed by atoms with Crippen LogP contribution in [0.3, 0.4) is 0 Å². The third-order valence-electron chi connectivity index (χ3n) is 3.60. The molecule has 1 amide bonds. The maximum absolute atomic E-state index is 13.0. The molecule has 0 aliphatic rings. The zero-order valence-corrected chi connectivity index (χ0v) is 13.5. The molecule has 0 aliphatic heterocycles. The first-order valence-electron chi connectivity index (χ1n) is 7.21. The Labute approximate surface area is 138 Å². The molecule has 1 aromatic heterocycles. The summed E-state index contributed by atoms with van der Waals surface area (Å²) < 4.78 is 19.3. The first kappa shape index (κ1) is 17.6. The van der Waals surface area contributed by atoms with Crippen LogP contribution in [0.5, 0.6) is 0 Å². The number of carboxylic acids is 1. The van der Waals surface area contributed by atoms with E-state index >= 15 is 0 Å². The minimum atomic E-state index is -1.16. The van der Waals surface area contributed by atoms with Crippen LogP contribution in [0.25, 0.3) is 5.69 Å². The number of halogens is 1. The van der Waals surface area contributed by atoms with Crippen LogP contribution in [0.4, 0.5) is 4.39 Å². The van der Waals surface area contributed by atoms with Gasteiger partial charge in [-0.25, -0.2) is 13.9 Å². The van der Waals surface area contributed by atoms with Crippen molar-refractivity contribution < 1.29 is 23.8 Å². The first-order chi connectivity index (χ1) is 11.3. The van der Waals surface area contributed by atoms with Gasteiger partial charge in [-0.1, -0.05) is 0 Å². The summed E-state index contributed by atoms with van der Waals surface area (Å²) in [6.07, 6.45) is -1.12. The van der Waals surface area contributed by atoms with Crippen molar-refractivity contribution in [2.45, 2.75) is 20.0 Å². The second-order valence-electron chi connectivity index (χ2n) is 5.21. The molecule has 0 aliphatic carbocycles. The van der Waals surface area contributed by atoms with Crippen LogP contribution in [0, 0.1) is 19.7 Å². The van der Waals surface area contributed by atoms with Crippen molar-refractivity contribution in [3.63, 3.8) is 0 Å². The minimum absolute atomic E-state index is 0.161. The molecule has 0 bridgehead atoms. The molecule has 0 saturated carbocycles. The monoisotopic (exact) mass is 335 g/mol. The Kier molecular flexibility index (Phi) is 5.30. The van der Waals surface area contributed by atoms with E-state index in [0.29, 0.717) is 22.6 Å². The van der Waals surface area contributed by atoms with Gasteiger partial charge in [0.15, 0.2) is 6.10 Å². The van der Waals surface area contributed by atoms with Gasteiger partial charge in [0, 0.05) is 7.11 Å². The number of benzene rings is 1. The molecule has 1 atom stereocenters. The van der Waals surface area contributed by atoms with Gasteiger partial charge in [0.25, 0.3) is 5.91 Å². The molecule has 1 heterocycles. The topological polar surface area (TPSA) is 93.5 Å². The Morgan fingerprint density at radius 1 is 1.33 bits per heavy atom. The largest absolute Gasteiger partial charge is 0.479 e. The molecule has 0 saturated heterocycles. The summed E-state index contributed by atoms with van der Waals surface area (Å²) >= 11 is 0. The number of methoxy groups -OCH3 is 1. The van der Waals surface area contributed by atoms with Crippen LogP contribution in [-0.2, 0) is 9.53 Å². The molecule has 7 nitrogen and oxygen atoms in total. The Bertz CT molecular complexity index is 755. The Balaban J connectivity index is 2.23. The molecular weight excluding hydrogens is 317 g/mol. The summed E-state index contributed by atoms with van der Waals surface area (Å²) in [7, 11) is 1.26. The lowest BCUT2D eigenvalue weighted by Crippen LogP contribution is -2.38. The van der Waals surface area contributed by atoms with Gasteiger partial charge in [0.2, 0.25) is 0 Å². The van der Waals surface area contributed by atoms with E-state index in [1.807, 2.05) is 0 Å². The summed E-state index contributed by atoms with van der Waals surface area (Å²) in [6.45, 7) is 3.22. The van der Waals surface area contributed by atoms with Gasteiger partial charge in [0.05, 0.1) is 29.2 Å². The molecule has 2 aromatic rings. The number of aromatic nitrogens is 2. The molecule has 0 fully saturated rings. The number of ether oxygens (including phenoxy) is 1. The normalized spacial score (nSPS) is 12.0. The van der Waals surface area contributed by atoms with E-state index < -0.39 is 18.0 Å². The van der Waals surface area contributed by atoms with Gasteiger partial charge < -0.3 is 15.2 Å². The fraction of sp³-hybridized carbons (Fsp3) is 0.312. The average molecular weight is 335 g/mol. The Morgan fingerprint density at radius 2 is 1.96 bits per heavy atom. The maximum Gasteiger partial charge on any atom is 0.334 e. The summed E-state index contributed by atoms with van der Waals surface area (Å²) in [5.41, 5.74) is 2.02. The van der Waals surface area contributed by atoms with Gasteiger partial charge in [-0.05, 0) is 38.1 Å². The van der Waals surface area contributed by atoms with Crippen LogP contribution in [-0.4, -0.2) is 46.5 Å². The maximum atomic E-state index is 13.0. The zero-order valence-electron chi connectivity index (χ0n) is 13.5. The van der Waals surface area contributed by atoms with E-state index in [2.05, 4.69) is 10.4 Å². The Hall–Kier alpha value is -2.74. The van der Waals surface area contributed by atoms with Gasteiger partial charge in [-0.3, -0.25) is 4.79 Å². The molecule has 2 N–H and O–H groups in total. The fourth-order valence-corrected chi connectivity index (χ4v) is 2.35. The lowest BCUT2D eigenvalue weighted by Gasteiger charge is -2.11. The lowest BCUT2D eigenvalue weighted by molar-refractivity contribution is -0.148. The van der Waals surface area contributed by atoms with E-state index in [9.17, 15) is 14.0 Å². The second-order valence-corrected chi connectivity index (χ2v) is 5.21.